The molecule has 0 radical (unpaired) electrons. The van der Waals surface area contributed by atoms with Crippen molar-refractivity contribution in [1.29, 1.82) is 0 Å². The van der Waals surface area contributed by atoms with Crippen LogP contribution in [0.5, 0.6) is 0 Å². The summed E-state index contributed by atoms with van der Waals surface area (Å²) in [5.74, 6) is 0. The van der Waals surface area contributed by atoms with E-state index >= 15 is 0 Å². The van der Waals surface area contributed by atoms with E-state index < -0.39 is 15.6 Å². The van der Waals surface area contributed by atoms with Gasteiger partial charge in [0.15, 0.2) is 0 Å². The Balaban J connectivity index is 2.17. The summed E-state index contributed by atoms with van der Waals surface area (Å²) in [4.78, 5) is 16.5. The van der Waals surface area contributed by atoms with Crippen molar-refractivity contribution in [2.45, 2.75) is 18.2 Å². The first-order chi connectivity index (χ1) is 11.5. The molecule has 2 aromatic carbocycles. The second kappa shape index (κ2) is 6.70. The average molecular weight is 360 g/mol. The molecule has 0 amide bonds. The molecular formula is C17H16N2O3S2. The minimum absolute atomic E-state index is 0.188. The van der Waals surface area contributed by atoms with Crippen LogP contribution in [0.2, 0.25) is 0 Å². The number of aromatic nitrogens is 1. The van der Waals surface area contributed by atoms with Gasteiger partial charge in [-0.3, -0.25) is 4.79 Å². The Bertz CT molecular complexity index is 1010. The number of sulfonamides is 1. The Labute approximate surface area is 144 Å². The van der Waals surface area contributed by atoms with Crippen molar-refractivity contribution in [2.75, 3.05) is 10.8 Å². The Morgan fingerprint density at radius 3 is 2.42 bits per heavy atom. The highest BCUT2D eigenvalue weighted by molar-refractivity contribution is 7.93. The summed E-state index contributed by atoms with van der Waals surface area (Å²) in [6.07, 6.45) is 0.613. The Kier molecular flexibility index (Phi) is 4.64. The number of benzene rings is 2. The molecular weight excluding hydrogens is 344 g/mol. The maximum Gasteiger partial charge on any atom is 0.281 e. The van der Waals surface area contributed by atoms with E-state index in [4.69, 9.17) is 0 Å². The monoisotopic (exact) mass is 360 g/mol. The maximum atomic E-state index is 13.0. The van der Waals surface area contributed by atoms with Gasteiger partial charge in [-0.05, 0) is 30.7 Å². The molecule has 0 saturated heterocycles. The van der Waals surface area contributed by atoms with Crippen LogP contribution in [-0.4, -0.2) is 19.9 Å². The first-order valence-electron chi connectivity index (χ1n) is 7.51. The average Bonchev–Trinajstić information content (AvgIpc) is 2.60. The summed E-state index contributed by atoms with van der Waals surface area (Å²) in [6.45, 7) is 2.15. The Morgan fingerprint density at radius 2 is 1.71 bits per heavy atom. The van der Waals surface area contributed by atoms with Crippen LogP contribution in [0, 0.1) is 0 Å². The molecule has 3 rings (SSSR count). The second-order valence-corrected chi connectivity index (χ2v) is 8.06. The summed E-state index contributed by atoms with van der Waals surface area (Å²) in [5, 5.41) is 0.698. The molecule has 0 bridgehead atoms. The van der Waals surface area contributed by atoms with Crippen LogP contribution >= 0.6 is 11.3 Å². The SMILES string of the molecule is CCCN(c1nc(=O)c2ccccc2s1)S(=O)(=O)c1ccccc1. The van der Waals surface area contributed by atoms with E-state index in [0.29, 0.717) is 11.8 Å². The number of nitrogens with zero attached hydrogens (tertiary/aromatic N) is 2. The van der Waals surface area contributed by atoms with Gasteiger partial charge in [-0.1, -0.05) is 48.6 Å². The summed E-state index contributed by atoms with van der Waals surface area (Å²) < 4.78 is 27.9. The molecule has 0 aliphatic carbocycles. The molecule has 7 heteroatoms. The highest BCUT2D eigenvalue weighted by atomic mass is 32.2. The van der Waals surface area contributed by atoms with Gasteiger partial charge in [-0.25, -0.2) is 12.7 Å². The molecule has 0 N–H and O–H groups in total. The van der Waals surface area contributed by atoms with E-state index in [0.717, 1.165) is 4.70 Å². The van der Waals surface area contributed by atoms with Crippen molar-refractivity contribution >= 4 is 36.6 Å². The van der Waals surface area contributed by atoms with Crippen LogP contribution in [-0.2, 0) is 10.0 Å². The third-order valence-corrected chi connectivity index (χ3v) is 6.48. The zero-order valence-corrected chi connectivity index (χ0v) is 14.7. The summed E-state index contributed by atoms with van der Waals surface area (Å²) in [5.41, 5.74) is -0.413. The molecule has 3 aromatic rings. The molecule has 1 aromatic heterocycles. The van der Waals surface area contributed by atoms with Crippen LogP contribution < -0.4 is 9.86 Å². The third-order valence-electron chi connectivity index (χ3n) is 3.49. The lowest BCUT2D eigenvalue weighted by Gasteiger charge is -2.22. The fraction of sp³-hybridized carbons (Fsp3) is 0.176. The zero-order valence-electron chi connectivity index (χ0n) is 13.0. The molecule has 0 fully saturated rings. The molecule has 5 nitrogen and oxygen atoms in total. The standard InChI is InChI=1S/C17H16N2O3S2/c1-2-12-19(24(21,22)13-8-4-3-5-9-13)17-18-16(20)14-10-6-7-11-15(14)23-17/h3-11H,2,12H2,1H3. The molecule has 0 saturated carbocycles. The minimum Gasteiger partial charge on any atom is -0.267 e. The molecule has 0 unspecified atom stereocenters. The molecule has 0 spiro atoms. The highest BCUT2D eigenvalue weighted by Gasteiger charge is 2.26. The lowest BCUT2D eigenvalue weighted by molar-refractivity contribution is 0.590. The quantitative estimate of drug-likeness (QED) is 0.700. The molecule has 24 heavy (non-hydrogen) atoms. The van der Waals surface area contributed by atoms with Crippen molar-refractivity contribution in [3.63, 3.8) is 0 Å². The lowest BCUT2D eigenvalue weighted by Crippen LogP contribution is -2.33. The van der Waals surface area contributed by atoms with Gasteiger partial charge >= 0.3 is 0 Å². The zero-order chi connectivity index (χ0) is 17.2. The van der Waals surface area contributed by atoms with Crippen molar-refractivity contribution in [1.82, 2.24) is 4.98 Å². The summed E-state index contributed by atoms with van der Waals surface area (Å²) in [6, 6.07) is 15.3. The van der Waals surface area contributed by atoms with Crippen LogP contribution in [0.3, 0.4) is 0 Å². The van der Waals surface area contributed by atoms with Gasteiger partial charge in [0.05, 0.1) is 10.3 Å². The van der Waals surface area contributed by atoms with E-state index in [1.165, 1.54) is 15.6 Å². The molecule has 124 valence electrons. The third kappa shape index (κ3) is 3.05. The highest BCUT2D eigenvalue weighted by Crippen LogP contribution is 2.28. The fourth-order valence-electron chi connectivity index (χ4n) is 2.35. The topological polar surface area (TPSA) is 67.3 Å². The molecule has 0 aliphatic rings. The first kappa shape index (κ1) is 16.6. The molecule has 1 heterocycles. The van der Waals surface area contributed by atoms with Gasteiger partial charge in [0.2, 0.25) is 5.13 Å². The van der Waals surface area contributed by atoms with Gasteiger partial charge in [-0.2, -0.15) is 4.98 Å². The van der Waals surface area contributed by atoms with Crippen LogP contribution in [0.15, 0.2) is 64.3 Å². The summed E-state index contributed by atoms with van der Waals surface area (Å²) >= 11 is 1.21. The van der Waals surface area contributed by atoms with Crippen molar-refractivity contribution in [3.8, 4) is 0 Å². The predicted octanol–water partition coefficient (Wildman–Crippen LogP) is 3.26. The smallest absolute Gasteiger partial charge is 0.267 e. The Morgan fingerprint density at radius 1 is 1.04 bits per heavy atom. The molecule has 0 atom stereocenters. The molecule has 0 aliphatic heterocycles. The van der Waals surface area contributed by atoms with E-state index in [1.807, 2.05) is 13.0 Å². The van der Waals surface area contributed by atoms with Crippen LogP contribution in [0.4, 0.5) is 5.13 Å². The number of anilines is 1. The van der Waals surface area contributed by atoms with E-state index in [9.17, 15) is 13.2 Å². The first-order valence-corrected chi connectivity index (χ1v) is 9.77. The van der Waals surface area contributed by atoms with Crippen molar-refractivity contribution in [3.05, 3.63) is 65.0 Å². The van der Waals surface area contributed by atoms with Crippen LogP contribution in [0.25, 0.3) is 10.1 Å². The number of hydrogen-bond acceptors (Lipinski definition) is 5. The normalized spacial score (nSPS) is 11.5. The van der Waals surface area contributed by atoms with Gasteiger partial charge in [-0.15, -0.1) is 0 Å². The predicted molar refractivity (Wildman–Crippen MR) is 97.2 cm³/mol. The maximum absolute atomic E-state index is 13.0. The van der Waals surface area contributed by atoms with Gasteiger partial charge in [0.25, 0.3) is 15.6 Å². The van der Waals surface area contributed by atoms with Crippen molar-refractivity contribution in [2.24, 2.45) is 0 Å². The summed E-state index contributed by atoms with van der Waals surface area (Å²) in [7, 11) is -3.76. The number of fused-ring (bicyclic) bond motifs is 1. The van der Waals surface area contributed by atoms with Gasteiger partial charge in [0, 0.05) is 11.2 Å². The lowest BCUT2D eigenvalue weighted by atomic mass is 10.3. The Hall–Kier alpha value is -2.25. The second-order valence-electron chi connectivity index (χ2n) is 5.19. The fourth-order valence-corrected chi connectivity index (χ4v) is 5.11. The van der Waals surface area contributed by atoms with Gasteiger partial charge in [0.1, 0.15) is 0 Å². The largest absolute Gasteiger partial charge is 0.281 e. The minimum atomic E-state index is -3.76. The van der Waals surface area contributed by atoms with Crippen molar-refractivity contribution < 1.29 is 8.42 Å². The van der Waals surface area contributed by atoms with E-state index in [-0.39, 0.29) is 16.6 Å². The number of hydrogen-bond donors (Lipinski definition) is 0. The van der Waals surface area contributed by atoms with Gasteiger partial charge < -0.3 is 0 Å². The number of rotatable bonds is 5. The van der Waals surface area contributed by atoms with Crippen LogP contribution in [0.1, 0.15) is 13.3 Å². The van der Waals surface area contributed by atoms with E-state index in [1.54, 1.807) is 48.5 Å². The van der Waals surface area contributed by atoms with E-state index in [2.05, 4.69) is 4.98 Å².